The lowest BCUT2D eigenvalue weighted by Crippen LogP contribution is -2.53. The third kappa shape index (κ3) is 4.07. The van der Waals surface area contributed by atoms with Crippen molar-refractivity contribution in [2.24, 2.45) is 5.73 Å². The largest absolute Gasteiger partial charge is 0.392 e. The van der Waals surface area contributed by atoms with Crippen LogP contribution in [-0.2, 0) is 4.79 Å². The molecule has 0 aromatic heterocycles. The van der Waals surface area contributed by atoms with Gasteiger partial charge in [0.1, 0.15) is 0 Å². The number of aliphatic hydroxyl groups excluding tert-OH is 1. The molecule has 0 bridgehead atoms. The van der Waals surface area contributed by atoms with E-state index in [1.165, 1.54) is 4.90 Å². The molecule has 2 unspecified atom stereocenters. The third-order valence-corrected chi connectivity index (χ3v) is 2.14. The maximum Gasteiger partial charge on any atom is 0.242 e. The van der Waals surface area contributed by atoms with Crippen molar-refractivity contribution >= 4 is 5.91 Å². The van der Waals surface area contributed by atoms with Crippen molar-refractivity contribution in [3.63, 3.8) is 0 Å². The summed E-state index contributed by atoms with van der Waals surface area (Å²) in [6.07, 6.45) is 1.03. The van der Waals surface area contributed by atoms with E-state index in [1.807, 2.05) is 6.92 Å². The van der Waals surface area contributed by atoms with Gasteiger partial charge in [-0.05, 0) is 20.3 Å². The van der Waals surface area contributed by atoms with Gasteiger partial charge in [0.05, 0.1) is 11.6 Å². The minimum Gasteiger partial charge on any atom is -0.392 e. The lowest BCUT2D eigenvalue weighted by atomic mass is 9.96. The highest BCUT2D eigenvalue weighted by molar-refractivity contribution is 5.85. The number of hydrogen-bond donors (Lipinski definition) is 2. The van der Waals surface area contributed by atoms with Crippen molar-refractivity contribution in [3.05, 3.63) is 0 Å². The van der Waals surface area contributed by atoms with E-state index in [0.29, 0.717) is 13.0 Å². The minimum absolute atomic E-state index is 0.111. The molecule has 0 rings (SSSR count). The molecule has 0 saturated heterocycles. The second-order valence-corrected chi connectivity index (χ2v) is 4.20. The second kappa shape index (κ2) is 5.32. The molecule has 0 aliphatic rings. The average molecular weight is 202 g/mol. The number of carbonyl (C=O) groups is 1. The number of hydrogen-bond acceptors (Lipinski definition) is 3. The van der Waals surface area contributed by atoms with Crippen LogP contribution in [0, 0.1) is 0 Å². The molecule has 0 aliphatic carbocycles. The smallest absolute Gasteiger partial charge is 0.242 e. The summed E-state index contributed by atoms with van der Waals surface area (Å²) >= 11 is 0. The summed E-state index contributed by atoms with van der Waals surface area (Å²) < 4.78 is 0. The summed E-state index contributed by atoms with van der Waals surface area (Å²) in [5.41, 5.74) is 5.07. The first kappa shape index (κ1) is 13.4. The van der Waals surface area contributed by atoms with Crippen LogP contribution in [0.5, 0.6) is 0 Å². The minimum atomic E-state index is -0.807. The Morgan fingerprint density at radius 3 is 2.50 bits per heavy atom. The Labute approximate surface area is 86.1 Å². The highest BCUT2D eigenvalue weighted by Crippen LogP contribution is 2.11. The van der Waals surface area contributed by atoms with Crippen molar-refractivity contribution in [1.82, 2.24) is 4.90 Å². The first-order valence-electron chi connectivity index (χ1n) is 5.03. The van der Waals surface area contributed by atoms with Crippen molar-refractivity contribution in [2.45, 2.75) is 45.3 Å². The lowest BCUT2D eigenvalue weighted by Gasteiger charge is -2.29. The number of nitrogens with two attached hydrogens (primary N) is 1. The Morgan fingerprint density at radius 1 is 1.64 bits per heavy atom. The molecule has 4 nitrogen and oxygen atoms in total. The molecule has 0 aromatic carbocycles. The molecule has 84 valence electrons. The quantitative estimate of drug-likeness (QED) is 0.675. The van der Waals surface area contributed by atoms with Gasteiger partial charge in [0.15, 0.2) is 0 Å². The fraction of sp³-hybridized carbons (Fsp3) is 0.900. The number of likely N-dealkylation sites (N-methyl/N-ethyl adjacent to an activating group) is 1. The van der Waals surface area contributed by atoms with Crippen LogP contribution in [0.2, 0.25) is 0 Å². The highest BCUT2D eigenvalue weighted by Gasteiger charge is 2.30. The van der Waals surface area contributed by atoms with E-state index in [-0.39, 0.29) is 5.91 Å². The van der Waals surface area contributed by atoms with Crippen molar-refractivity contribution in [3.8, 4) is 0 Å². The number of amides is 1. The number of rotatable bonds is 5. The molecule has 0 aliphatic heterocycles. The average Bonchev–Trinajstić information content (AvgIpc) is 2.01. The van der Waals surface area contributed by atoms with Crippen LogP contribution in [0.15, 0.2) is 0 Å². The van der Waals surface area contributed by atoms with E-state index < -0.39 is 11.6 Å². The summed E-state index contributed by atoms with van der Waals surface area (Å²) in [5.74, 6) is -0.111. The van der Waals surface area contributed by atoms with Crippen LogP contribution in [0.4, 0.5) is 0 Å². The first-order valence-corrected chi connectivity index (χ1v) is 5.03. The van der Waals surface area contributed by atoms with E-state index in [0.717, 1.165) is 6.42 Å². The molecule has 0 radical (unpaired) electrons. The Morgan fingerprint density at radius 2 is 2.14 bits per heavy atom. The number of carbonyl (C=O) groups excluding carboxylic acids is 1. The Hall–Kier alpha value is -0.610. The zero-order chi connectivity index (χ0) is 11.4. The van der Waals surface area contributed by atoms with Crippen LogP contribution < -0.4 is 5.73 Å². The maximum atomic E-state index is 11.8. The van der Waals surface area contributed by atoms with Gasteiger partial charge in [0.2, 0.25) is 5.91 Å². The molecular formula is C10H22N2O2. The molecule has 14 heavy (non-hydrogen) atoms. The van der Waals surface area contributed by atoms with Gasteiger partial charge in [-0.1, -0.05) is 13.3 Å². The highest BCUT2D eigenvalue weighted by atomic mass is 16.3. The van der Waals surface area contributed by atoms with Gasteiger partial charge in [-0.2, -0.15) is 0 Å². The van der Waals surface area contributed by atoms with Crippen molar-refractivity contribution in [1.29, 1.82) is 0 Å². The molecule has 0 heterocycles. The van der Waals surface area contributed by atoms with Gasteiger partial charge < -0.3 is 15.7 Å². The predicted octanol–water partition coefficient (Wildman–Crippen LogP) is 0.343. The van der Waals surface area contributed by atoms with E-state index in [1.54, 1.807) is 20.9 Å². The number of aliphatic hydroxyl groups is 1. The standard InChI is InChI=1S/C10H22N2O2/c1-5-6-10(3,11)9(14)12(4)7-8(2)13/h8,13H,5-7,11H2,1-4H3. The molecule has 0 aromatic rings. The molecule has 0 fully saturated rings. The zero-order valence-electron chi connectivity index (χ0n) is 9.58. The summed E-state index contributed by atoms with van der Waals surface area (Å²) in [4.78, 5) is 13.3. The summed E-state index contributed by atoms with van der Waals surface area (Å²) in [7, 11) is 1.66. The molecule has 0 saturated carbocycles. The van der Waals surface area contributed by atoms with Crippen LogP contribution in [0.3, 0.4) is 0 Å². The van der Waals surface area contributed by atoms with Crippen LogP contribution in [0.1, 0.15) is 33.6 Å². The summed E-state index contributed by atoms with van der Waals surface area (Å²) in [5, 5.41) is 9.13. The third-order valence-electron chi connectivity index (χ3n) is 2.14. The molecular weight excluding hydrogens is 180 g/mol. The van der Waals surface area contributed by atoms with E-state index in [9.17, 15) is 4.79 Å². The van der Waals surface area contributed by atoms with Gasteiger partial charge in [0, 0.05) is 13.6 Å². The fourth-order valence-electron chi connectivity index (χ4n) is 1.54. The Balaban J connectivity index is 4.29. The fourth-order valence-corrected chi connectivity index (χ4v) is 1.54. The SMILES string of the molecule is CCCC(C)(N)C(=O)N(C)CC(C)O. The van der Waals surface area contributed by atoms with Crippen LogP contribution in [0.25, 0.3) is 0 Å². The van der Waals surface area contributed by atoms with Gasteiger partial charge in [-0.25, -0.2) is 0 Å². The Kier molecular flexibility index (Phi) is 5.08. The van der Waals surface area contributed by atoms with E-state index in [2.05, 4.69) is 0 Å². The van der Waals surface area contributed by atoms with Crippen LogP contribution in [-0.4, -0.2) is 41.1 Å². The summed E-state index contributed by atoms with van der Waals surface area (Å²) in [6.45, 7) is 5.71. The molecule has 2 atom stereocenters. The Bertz CT molecular complexity index is 191. The van der Waals surface area contributed by atoms with Gasteiger partial charge in [-0.3, -0.25) is 4.79 Å². The van der Waals surface area contributed by atoms with Gasteiger partial charge in [-0.15, -0.1) is 0 Å². The zero-order valence-corrected chi connectivity index (χ0v) is 9.58. The second-order valence-electron chi connectivity index (χ2n) is 4.20. The topological polar surface area (TPSA) is 66.6 Å². The summed E-state index contributed by atoms with van der Waals surface area (Å²) in [6, 6.07) is 0. The first-order chi connectivity index (χ1) is 6.31. The van der Waals surface area contributed by atoms with Gasteiger partial charge in [0.25, 0.3) is 0 Å². The van der Waals surface area contributed by atoms with E-state index in [4.69, 9.17) is 10.8 Å². The normalized spacial score (nSPS) is 17.3. The van der Waals surface area contributed by atoms with Crippen molar-refractivity contribution in [2.75, 3.05) is 13.6 Å². The maximum absolute atomic E-state index is 11.8. The number of nitrogens with zero attached hydrogens (tertiary/aromatic N) is 1. The molecule has 0 spiro atoms. The van der Waals surface area contributed by atoms with Crippen molar-refractivity contribution < 1.29 is 9.90 Å². The predicted molar refractivity (Wildman–Crippen MR) is 56.8 cm³/mol. The monoisotopic (exact) mass is 202 g/mol. The van der Waals surface area contributed by atoms with Crippen LogP contribution >= 0.6 is 0 Å². The lowest BCUT2D eigenvalue weighted by molar-refractivity contribution is -0.136. The van der Waals surface area contributed by atoms with E-state index >= 15 is 0 Å². The molecule has 3 N–H and O–H groups in total. The van der Waals surface area contributed by atoms with Gasteiger partial charge >= 0.3 is 0 Å². The molecule has 4 heteroatoms. The molecule has 1 amide bonds.